The van der Waals surface area contributed by atoms with Gasteiger partial charge in [0.15, 0.2) is 12.7 Å². The van der Waals surface area contributed by atoms with Crippen LogP contribution in [-0.2, 0) is 6.54 Å². The second-order valence-corrected chi connectivity index (χ2v) is 13.8. The molecule has 228 valence electrons. The van der Waals surface area contributed by atoms with Crippen LogP contribution in [0.25, 0.3) is 18.2 Å². The molecule has 0 unspecified atom stereocenters. The molecule has 3 aromatic rings. The van der Waals surface area contributed by atoms with Crippen LogP contribution in [0.3, 0.4) is 0 Å². The van der Waals surface area contributed by atoms with Crippen LogP contribution in [0.4, 0.5) is 11.4 Å². The lowest BCUT2D eigenvalue weighted by atomic mass is 10.1. The van der Waals surface area contributed by atoms with Crippen molar-refractivity contribution in [3.63, 3.8) is 0 Å². The van der Waals surface area contributed by atoms with Gasteiger partial charge in [0.05, 0.1) is 30.2 Å². The minimum absolute atomic E-state index is 0.735. The van der Waals surface area contributed by atoms with Gasteiger partial charge in [0.25, 0.3) is 0 Å². The van der Waals surface area contributed by atoms with Crippen LogP contribution in [-0.4, -0.2) is 69.9 Å². The summed E-state index contributed by atoms with van der Waals surface area (Å²) in [6.07, 6.45) is 17.6. The highest BCUT2D eigenvalue weighted by atomic mass is 33.1. The second kappa shape index (κ2) is 14.8. The van der Waals surface area contributed by atoms with E-state index in [4.69, 9.17) is 9.47 Å². The van der Waals surface area contributed by atoms with Crippen LogP contribution in [0.5, 0.6) is 11.5 Å². The topological polar surface area (TPSA) is 32.1 Å². The molecule has 8 heteroatoms. The third kappa shape index (κ3) is 7.66. The fourth-order valence-corrected chi connectivity index (χ4v) is 7.47. The largest absolute Gasteiger partial charge is 0.490 e. The summed E-state index contributed by atoms with van der Waals surface area (Å²) < 4.78 is 14.1. The van der Waals surface area contributed by atoms with Crippen molar-refractivity contribution in [2.75, 3.05) is 74.8 Å². The molecule has 0 fully saturated rings. The average molecular weight is 626 g/mol. The Morgan fingerprint density at radius 1 is 0.795 bits per heavy atom. The number of ether oxygens (including phenoxy) is 2. The van der Waals surface area contributed by atoms with Crippen LogP contribution in [0.15, 0.2) is 90.8 Å². The van der Waals surface area contributed by atoms with Crippen molar-refractivity contribution in [3.05, 3.63) is 108 Å². The molecule has 3 aliphatic heterocycles. The van der Waals surface area contributed by atoms with E-state index in [0.717, 1.165) is 91.4 Å². The Morgan fingerprint density at radius 3 is 2.20 bits per heavy atom. The molecule has 0 bridgehead atoms. The summed E-state index contributed by atoms with van der Waals surface area (Å²) >= 11 is 0. The second-order valence-electron chi connectivity index (χ2n) is 11.1. The summed E-state index contributed by atoms with van der Waals surface area (Å²) in [7, 11) is 8.14. The number of anilines is 2. The molecule has 0 spiro atoms. The van der Waals surface area contributed by atoms with Gasteiger partial charge >= 0.3 is 0 Å². The fourth-order valence-electron chi connectivity index (χ4n) is 5.51. The third-order valence-corrected chi connectivity index (χ3v) is 10.4. The van der Waals surface area contributed by atoms with Gasteiger partial charge in [-0.05, 0) is 59.7 Å². The van der Waals surface area contributed by atoms with Gasteiger partial charge in [0.1, 0.15) is 24.7 Å². The van der Waals surface area contributed by atoms with Crippen molar-refractivity contribution in [2.24, 2.45) is 0 Å². The van der Waals surface area contributed by atoms with Gasteiger partial charge in [-0.2, -0.15) is 4.57 Å². The number of benzene rings is 2. The van der Waals surface area contributed by atoms with Crippen LogP contribution < -0.4 is 23.8 Å². The number of fused-ring (bicyclic) bond motifs is 2. The molecule has 6 nitrogen and oxygen atoms in total. The van der Waals surface area contributed by atoms with E-state index < -0.39 is 0 Å². The predicted octanol–water partition coefficient (Wildman–Crippen LogP) is 6.65. The van der Waals surface area contributed by atoms with Crippen molar-refractivity contribution in [3.8, 4) is 11.5 Å². The third-order valence-electron chi connectivity index (χ3n) is 8.06. The van der Waals surface area contributed by atoms with Gasteiger partial charge in [0.2, 0.25) is 5.69 Å². The number of nitrogens with zero attached hydrogens (tertiary/aromatic N) is 4. The molecule has 6 rings (SSSR count). The maximum atomic E-state index is 5.89. The zero-order valence-corrected chi connectivity index (χ0v) is 27.2. The number of aromatic nitrogens is 1. The molecule has 0 N–H and O–H groups in total. The van der Waals surface area contributed by atoms with E-state index in [1.54, 1.807) is 0 Å². The van der Waals surface area contributed by atoms with Gasteiger partial charge < -0.3 is 24.2 Å². The summed E-state index contributed by atoms with van der Waals surface area (Å²) in [4.78, 5) is 6.94. The summed E-state index contributed by atoms with van der Waals surface area (Å²) in [6, 6.07) is 19.3. The molecular weight excluding hydrogens is 585 g/mol. The molecule has 4 heterocycles. The lowest BCUT2D eigenvalue weighted by molar-refractivity contribution is -0.694. The van der Waals surface area contributed by atoms with Crippen LogP contribution in [0.2, 0.25) is 0 Å². The molecule has 3 aliphatic rings. The Kier molecular flexibility index (Phi) is 10.2. The standard InChI is InChI=1S/C36H41N4O2S2/c1-37-19-23-41-35-27-29(11-15-33(35)37)9-13-31-7-3-5-17-39(31)21-25-43-44-26-22-40-18-6-4-8-32(40)14-10-30-12-16-34-36(28-30)42-24-20-38(34)2/h3-17,27-28H,18-26H2,1-2H3/q+1. The van der Waals surface area contributed by atoms with Crippen molar-refractivity contribution in [1.29, 1.82) is 0 Å². The van der Waals surface area contributed by atoms with E-state index in [1.165, 1.54) is 11.4 Å². The molecule has 0 radical (unpaired) electrons. The summed E-state index contributed by atoms with van der Waals surface area (Å²) in [6.45, 7) is 6.27. The number of likely N-dealkylation sites (N-methyl/N-ethyl adjacent to an activating group) is 2. The highest BCUT2D eigenvalue weighted by Crippen LogP contribution is 2.33. The van der Waals surface area contributed by atoms with E-state index in [-0.39, 0.29) is 0 Å². The van der Waals surface area contributed by atoms with Crippen molar-refractivity contribution in [1.82, 2.24) is 4.90 Å². The van der Waals surface area contributed by atoms with E-state index in [1.807, 2.05) is 21.6 Å². The maximum absolute atomic E-state index is 5.89. The van der Waals surface area contributed by atoms with Crippen molar-refractivity contribution in [2.45, 2.75) is 6.54 Å². The molecule has 44 heavy (non-hydrogen) atoms. The van der Waals surface area contributed by atoms with E-state index in [0.29, 0.717) is 0 Å². The number of hydrogen-bond donors (Lipinski definition) is 0. The average Bonchev–Trinajstić information content (AvgIpc) is 3.05. The highest BCUT2D eigenvalue weighted by Gasteiger charge is 2.16. The first kappa shape index (κ1) is 30.3. The molecule has 1 aromatic heterocycles. The van der Waals surface area contributed by atoms with Crippen LogP contribution in [0, 0.1) is 0 Å². The molecule has 0 atom stereocenters. The van der Waals surface area contributed by atoms with Gasteiger partial charge in [-0.3, -0.25) is 0 Å². The summed E-state index contributed by atoms with van der Waals surface area (Å²) in [5.41, 5.74) is 7.09. The molecule has 0 amide bonds. The van der Waals surface area contributed by atoms with Crippen molar-refractivity contribution >= 4 is 51.2 Å². The van der Waals surface area contributed by atoms with Crippen LogP contribution >= 0.6 is 21.6 Å². The van der Waals surface area contributed by atoms with Gasteiger partial charge in [-0.15, -0.1) is 0 Å². The van der Waals surface area contributed by atoms with E-state index >= 15 is 0 Å². The fraction of sp³-hybridized carbons (Fsp3) is 0.306. The van der Waals surface area contributed by atoms with Gasteiger partial charge in [-0.1, -0.05) is 51.9 Å². The summed E-state index contributed by atoms with van der Waals surface area (Å²) in [5, 5.41) is 0. The number of hydrogen-bond acceptors (Lipinski definition) is 7. The Labute approximate surface area is 269 Å². The highest BCUT2D eigenvalue weighted by molar-refractivity contribution is 8.76. The normalized spacial score (nSPS) is 16.1. The number of aryl methyl sites for hydroxylation is 1. The number of allylic oxidation sites excluding steroid dienone is 3. The molecule has 0 aliphatic carbocycles. The number of rotatable bonds is 11. The quantitative estimate of drug-likeness (QED) is 0.134. The smallest absolute Gasteiger partial charge is 0.205 e. The first-order valence-corrected chi connectivity index (χ1v) is 17.8. The van der Waals surface area contributed by atoms with Gasteiger partial charge in [0, 0.05) is 56.8 Å². The minimum atomic E-state index is 0.735. The van der Waals surface area contributed by atoms with Crippen LogP contribution in [0.1, 0.15) is 16.8 Å². The molecule has 2 aromatic carbocycles. The lowest BCUT2D eigenvalue weighted by Crippen LogP contribution is -2.37. The first-order chi connectivity index (χ1) is 21.6. The Hall–Kier alpha value is -3.75. The zero-order valence-electron chi connectivity index (χ0n) is 25.6. The zero-order chi connectivity index (χ0) is 30.1. The molecule has 0 saturated carbocycles. The molecule has 0 saturated heterocycles. The molecular formula is C36H41N4O2S2+. The Balaban J connectivity index is 0.963. The maximum Gasteiger partial charge on any atom is 0.205 e. The Bertz CT molecular complexity index is 1570. The predicted molar refractivity (Wildman–Crippen MR) is 189 cm³/mol. The monoisotopic (exact) mass is 625 g/mol. The Morgan fingerprint density at radius 2 is 1.48 bits per heavy atom. The SMILES string of the molecule is CN1CCOc2cc(C=CC3=CC=CCN3CCSSCC[n+]3ccccc3C=Cc3ccc4c(c3)OCCN4C)ccc21. The number of pyridine rings is 1. The summed E-state index contributed by atoms with van der Waals surface area (Å²) in [5.74, 6) is 4.06. The minimum Gasteiger partial charge on any atom is -0.490 e. The first-order valence-electron chi connectivity index (χ1n) is 15.3. The lowest BCUT2D eigenvalue weighted by Gasteiger charge is -2.28. The van der Waals surface area contributed by atoms with Gasteiger partial charge in [-0.25, -0.2) is 0 Å². The van der Waals surface area contributed by atoms with E-state index in [2.05, 4.69) is 137 Å². The van der Waals surface area contributed by atoms with Crippen molar-refractivity contribution < 1.29 is 14.0 Å². The van der Waals surface area contributed by atoms with E-state index in [9.17, 15) is 0 Å².